The lowest BCUT2D eigenvalue weighted by atomic mass is 10.0. The predicted octanol–water partition coefficient (Wildman–Crippen LogP) is 2.63. The molecule has 3 N–H and O–H groups in total. The van der Waals surface area contributed by atoms with Crippen molar-refractivity contribution >= 4 is 15.9 Å². The van der Waals surface area contributed by atoms with E-state index in [1.54, 1.807) is 0 Å². The largest absolute Gasteiger partial charge is 0.338 e. The Morgan fingerprint density at radius 1 is 1.47 bits per heavy atom. The standard InChI is InChI=1S/C14H19BrN4/c1-10-3-4-11(12(15)9-10)13(18-16)5-6-14-17-7-8-19(14)2/h3-4,7-9,13,18H,5-6,16H2,1-2H3. The highest BCUT2D eigenvalue weighted by molar-refractivity contribution is 9.10. The van der Waals surface area contributed by atoms with E-state index in [2.05, 4.69) is 51.5 Å². The van der Waals surface area contributed by atoms with E-state index in [-0.39, 0.29) is 6.04 Å². The third-order valence-corrected chi connectivity index (χ3v) is 4.00. The summed E-state index contributed by atoms with van der Waals surface area (Å²) in [7, 11) is 2.01. The van der Waals surface area contributed by atoms with Crippen LogP contribution in [0.15, 0.2) is 35.1 Å². The lowest BCUT2D eigenvalue weighted by Crippen LogP contribution is -2.29. The molecule has 0 radical (unpaired) electrons. The first-order valence-corrected chi connectivity index (χ1v) is 7.09. The van der Waals surface area contributed by atoms with Crippen LogP contribution in [0, 0.1) is 6.92 Å². The van der Waals surface area contributed by atoms with Crippen molar-refractivity contribution in [1.82, 2.24) is 15.0 Å². The summed E-state index contributed by atoms with van der Waals surface area (Å²) in [6.07, 6.45) is 5.58. The minimum Gasteiger partial charge on any atom is -0.338 e. The summed E-state index contributed by atoms with van der Waals surface area (Å²) in [5.74, 6) is 6.76. The third-order valence-electron chi connectivity index (χ3n) is 3.31. The van der Waals surface area contributed by atoms with E-state index in [1.165, 1.54) is 11.1 Å². The molecule has 2 rings (SSSR count). The summed E-state index contributed by atoms with van der Waals surface area (Å²) < 4.78 is 3.13. The second kappa shape index (κ2) is 6.32. The van der Waals surface area contributed by atoms with Crippen LogP contribution in [0.1, 0.15) is 29.4 Å². The first-order chi connectivity index (χ1) is 9.11. The third kappa shape index (κ3) is 3.43. The SMILES string of the molecule is Cc1ccc(C(CCc2nccn2C)NN)c(Br)c1. The van der Waals surface area contributed by atoms with Gasteiger partial charge in [0.1, 0.15) is 5.82 Å². The molecular formula is C14H19BrN4. The molecule has 0 bridgehead atoms. The van der Waals surface area contributed by atoms with E-state index in [4.69, 9.17) is 5.84 Å². The molecule has 0 fully saturated rings. The van der Waals surface area contributed by atoms with Crippen LogP contribution in [-0.2, 0) is 13.5 Å². The fourth-order valence-corrected chi connectivity index (χ4v) is 2.92. The number of nitrogens with one attached hydrogen (secondary N) is 1. The summed E-state index contributed by atoms with van der Waals surface area (Å²) in [4.78, 5) is 4.33. The molecule has 102 valence electrons. The molecule has 1 aromatic heterocycles. The molecule has 0 saturated carbocycles. The molecule has 0 aliphatic carbocycles. The van der Waals surface area contributed by atoms with Crippen molar-refractivity contribution in [2.45, 2.75) is 25.8 Å². The highest BCUT2D eigenvalue weighted by atomic mass is 79.9. The van der Waals surface area contributed by atoms with E-state index in [1.807, 2.05) is 24.0 Å². The Labute approximate surface area is 122 Å². The zero-order valence-electron chi connectivity index (χ0n) is 11.2. The Bertz CT molecular complexity index is 550. The minimum atomic E-state index is 0.117. The van der Waals surface area contributed by atoms with Crippen molar-refractivity contribution < 1.29 is 0 Å². The maximum atomic E-state index is 5.69. The second-order valence-corrected chi connectivity index (χ2v) is 5.59. The number of benzene rings is 1. The molecule has 0 amide bonds. The van der Waals surface area contributed by atoms with Crippen LogP contribution in [-0.4, -0.2) is 9.55 Å². The normalized spacial score (nSPS) is 12.6. The van der Waals surface area contributed by atoms with Gasteiger partial charge >= 0.3 is 0 Å². The summed E-state index contributed by atoms with van der Waals surface area (Å²) in [5, 5.41) is 0. The average Bonchev–Trinajstić information content (AvgIpc) is 2.78. The van der Waals surface area contributed by atoms with Gasteiger partial charge in [0.05, 0.1) is 0 Å². The number of hydrogen-bond acceptors (Lipinski definition) is 3. The number of hydrazine groups is 1. The first kappa shape index (κ1) is 14.2. The molecule has 0 aliphatic rings. The maximum absolute atomic E-state index is 5.69. The van der Waals surface area contributed by atoms with Gasteiger partial charge in [0.25, 0.3) is 0 Å². The molecule has 0 spiro atoms. The van der Waals surface area contributed by atoms with Crippen molar-refractivity contribution in [3.8, 4) is 0 Å². The molecule has 0 aliphatic heterocycles. The van der Waals surface area contributed by atoms with Crippen molar-refractivity contribution in [2.75, 3.05) is 0 Å². The maximum Gasteiger partial charge on any atom is 0.108 e. The Morgan fingerprint density at radius 3 is 2.84 bits per heavy atom. The fourth-order valence-electron chi connectivity index (χ4n) is 2.15. The summed E-state index contributed by atoms with van der Waals surface area (Å²) in [5.41, 5.74) is 5.31. The number of hydrogen-bond donors (Lipinski definition) is 2. The Kier molecular flexibility index (Phi) is 4.74. The van der Waals surface area contributed by atoms with Gasteiger partial charge in [0.2, 0.25) is 0 Å². The number of aromatic nitrogens is 2. The van der Waals surface area contributed by atoms with Crippen LogP contribution >= 0.6 is 15.9 Å². The molecule has 5 heteroatoms. The second-order valence-electron chi connectivity index (χ2n) is 4.74. The van der Waals surface area contributed by atoms with Crippen LogP contribution in [0.25, 0.3) is 0 Å². The molecular weight excluding hydrogens is 304 g/mol. The zero-order valence-corrected chi connectivity index (χ0v) is 12.8. The topological polar surface area (TPSA) is 55.9 Å². The molecule has 1 aromatic carbocycles. The van der Waals surface area contributed by atoms with Crippen LogP contribution < -0.4 is 11.3 Å². The summed E-state index contributed by atoms with van der Waals surface area (Å²) in [6.45, 7) is 2.08. The van der Waals surface area contributed by atoms with Gasteiger partial charge in [0.15, 0.2) is 0 Å². The molecule has 2 aromatic rings. The van der Waals surface area contributed by atoms with Gasteiger partial charge in [-0.1, -0.05) is 28.1 Å². The molecule has 0 saturated heterocycles. The van der Waals surface area contributed by atoms with E-state index in [0.717, 1.165) is 23.1 Å². The van der Waals surface area contributed by atoms with Crippen LogP contribution in [0.5, 0.6) is 0 Å². The van der Waals surface area contributed by atoms with Gasteiger partial charge in [-0.15, -0.1) is 0 Å². The lowest BCUT2D eigenvalue weighted by molar-refractivity contribution is 0.505. The summed E-state index contributed by atoms with van der Waals surface area (Å²) in [6, 6.07) is 6.44. The molecule has 1 atom stereocenters. The highest BCUT2D eigenvalue weighted by Gasteiger charge is 2.14. The number of rotatable bonds is 5. The van der Waals surface area contributed by atoms with E-state index < -0.39 is 0 Å². The number of aryl methyl sites for hydroxylation is 3. The van der Waals surface area contributed by atoms with Gasteiger partial charge in [-0.2, -0.15) is 0 Å². The van der Waals surface area contributed by atoms with Crippen LogP contribution in [0.2, 0.25) is 0 Å². The highest BCUT2D eigenvalue weighted by Crippen LogP contribution is 2.27. The number of imidazole rings is 1. The van der Waals surface area contributed by atoms with Gasteiger partial charge in [-0.05, 0) is 30.5 Å². The Morgan fingerprint density at radius 2 is 2.26 bits per heavy atom. The van der Waals surface area contributed by atoms with Gasteiger partial charge in [-0.25, -0.2) is 4.98 Å². The minimum absolute atomic E-state index is 0.117. The first-order valence-electron chi connectivity index (χ1n) is 6.30. The molecule has 19 heavy (non-hydrogen) atoms. The van der Waals surface area contributed by atoms with Gasteiger partial charge < -0.3 is 4.57 Å². The van der Waals surface area contributed by atoms with Crippen molar-refractivity contribution in [3.63, 3.8) is 0 Å². The Balaban J connectivity index is 2.10. The fraction of sp³-hybridized carbons (Fsp3) is 0.357. The zero-order chi connectivity index (χ0) is 13.8. The van der Waals surface area contributed by atoms with E-state index in [9.17, 15) is 0 Å². The Hall–Kier alpha value is -1.17. The van der Waals surface area contributed by atoms with Gasteiger partial charge in [-0.3, -0.25) is 11.3 Å². The smallest absolute Gasteiger partial charge is 0.108 e. The van der Waals surface area contributed by atoms with Crippen molar-refractivity contribution in [3.05, 3.63) is 52.0 Å². The van der Waals surface area contributed by atoms with Crippen LogP contribution in [0.3, 0.4) is 0 Å². The monoisotopic (exact) mass is 322 g/mol. The number of nitrogens with two attached hydrogens (primary N) is 1. The number of halogens is 1. The number of nitrogens with zero attached hydrogens (tertiary/aromatic N) is 2. The average molecular weight is 323 g/mol. The molecule has 1 unspecified atom stereocenters. The summed E-state index contributed by atoms with van der Waals surface area (Å²) >= 11 is 3.61. The van der Waals surface area contributed by atoms with Crippen molar-refractivity contribution in [2.24, 2.45) is 12.9 Å². The van der Waals surface area contributed by atoms with Crippen LogP contribution in [0.4, 0.5) is 0 Å². The molecule has 1 heterocycles. The lowest BCUT2D eigenvalue weighted by Gasteiger charge is -2.18. The van der Waals surface area contributed by atoms with E-state index in [0.29, 0.717) is 0 Å². The van der Waals surface area contributed by atoms with Gasteiger partial charge in [0, 0.05) is 36.4 Å². The van der Waals surface area contributed by atoms with E-state index >= 15 is 0 Å². The molecule has 4 nitrogen and oxygen atoms in total. The van der Waals surface area contributed by atoms with Crippen molar-refractivity contribution in [1.29, 1.82) is 0 Å². The predicted molar refractivity (Wildman–Crippen MR) is 80.5 cm³/mol. The quantitative estimate of drug-likeness (QED) is 0.657.